The van der Waals surface area contributed by atoms with Crippen LogP contribution in [0.3, 0.4) is 0 Å². The van der Waals surface area contributed by atoms with Crippen LogP contribution in [0.15, 0.2) is 46.1 Å². The van der Waals surface area contributed by atoms with Crippen molar-refractivity contribution in [1.82, 2.24) is 5.32 Å². The average molecular weight is 332 g/mol. The number of rotatable bonds is 2. The standard InChI is InChI=1S/C13H9ClF3N3S/c14-11-9(6-18)10(13(15,16)17)19-12(20-11)21-7-8-4-2-1-3-5-8/h1-5,10H,7H2,(H,19,20). The maximum atomic E-state index is 12.9. The lowest BCUT2D eigenvalue weighted by molar-refractivity contribution is -0.138. The fourth-order valence-electron chi connectivity index (χ4n) is 1.64. The molecule has 1 heterocycles. The Morgan fingerprint density at radius 3 is 2.57 bits per heavy atom. The third-order valence-electron chi connectivity index (χ3n) is 2.62. The number of nitriles is 1. The summed E-state index contributed by atoms with van der Waals surface area (Å²) in [6.45, 7) is 0. The summed E-state index contributed by atoms with van der Waals surface area (Å²) in [7, 11) is 0. The van der Waals surface area contributed by atoms with E-state index < -0.39 is 17.8 Å². The van der Waals surface area contributed by atoms with E-state index in [4.69, 9.17) is 16.9 Å². The number of amidine groups is 1. The first-order chi connectivity index (χ1) is 9.91. The molecule has 1 aromatic carbocycles. The molecule has 0 bridgehead atoms. The van der Waals surface area contributed by atoms with Crippen molar-refractivity contribution in [2.75, 3.05) is 0 Å². The first-order valence-electron chi connectivity index (χ1n) is 5.80. The molecule has 110 valence electrons. The van der Waals surface area contributed by atoms with Crippen LogP contribution in [0.2, 0.25) is 0 Å². The summed E-state index contributed by atoms with van der Waals surface area (Å²) in [6, 6.07) is 8.48. The monoisotopic (exact) mass is 331 g/mol. The second-order valence-electron chi connectivity index (χ2n) is 4.12. The molecule has 8 heteroatoms. The molecule has 1 unspecified atom stereocenters. The Kier molecular flexibility index (Phi) is 4.80. The van der Waals surface area contributed by atoms with Gasteiger partial charge in [-0.1, -0.05) is 53.7 Å². The predicted molar refractivity (Wildman–Crippen MR) is 76.6 cm³/mol. The largest absolute Gasteiger partial charge is 0.415 e. The van der Waals surface area contributed by atoms with Gasteiger partial charge in [0.1, 0.15) is 11.2 Å². The van der Waals surface area contributed by atoms with Crippen molar-refractivity contribution in [3.05, 3.63) is 46.6 Å². The van der Waals surface area contributed by atoms with Gasteiger partial charge in [0.25, 0.3) is 0 Å². The molecule has 21 heavy (non-hydrogen) atoms. The summed E-state index contributed by atoms with van der Waals surface area (Å²) in [5, 5.41) is 11.0. The van der Waals surface area contributed by atoms with Crippen molar-refractivity contribution in [3.8, 4) is 6.07 Å². The number of alkyl halides is 3. The van der Waals surface area contributed by atoms with E-state index in [1.807, 2.05) is 30.3 Å². The molecule has 0 radical (unpaired) electrons. The van der Waals surface area contributed by atoms with Crippen molar-refractivity contribution in [2.24, 2.45) is 4.99 Å². The zero-order chi connectivity index (χ0) is 15.5. The second-order valence-corrected chi connectivity index (χ2v) is 5.46. The van der Waals surface area contributed by atoms with Gasteiger partial charge < -0.3 is 5.32 Å². The molecule has 0 aliphatic carbocycles. The molecule has 1 atom stereocenters. The summed E-state index contributed by atoms with van der Waals surface area (Å²) < 4.78 is 38.7. The lowest BCUT2D eigenvalue weighted by Gasteiger charge is -2.23. The maximum absolute atomic E-state index is 12.9. The van der Waals surface area contributed by atoms with E-state index in [0.29, 0.717) is 5.75 Å². The van der Waals surface area contributed by atoms with Gasteiger partial charge in [-0.15, -0.1) is 0 Å². The number of thioether (sulfide) groups is 1. The van der Waals surface area contributed by atoms with Gasteiger partial charge in [-0.3, -0.25) is 0 Å². The number of halogens is 4. The van der Waals surface area contributed by atoms with Crippen molar-refractivity contribution >= 4 is 28.5 Å². The Morgan fingerprint density at radius 1 is 1.33 bits per heavy atom. The van der Waals surface area contributed by atoms with E-state index in [0.717, 1.165) is 17.3 Å². The molecule has 0 saturated heterocycles. The van der Waals surface area contributed by atoms with Gasteiger partial charge in [0.15, 0.2) is 11.2 Å². The Balaban J connectivity index is 2.15. The van der Waals surface area contributed by atoms with Gasteiger partial charge >= 0.3 is 6.18 Å². The van der Waals surface area contributed by atoms with Gasteiger partial charge in [-0.2, -0.15) is 18.4 Å². The average Bonchev–Trinajstić information content (AvgIpc) is 2.44. The molecule has 0 amide bonds. The summed E-state index contributed by atoms with van der Waals surface area (Å²) in [5.41, 5.74) is 0.329. The molecule has 1 aliphatic heterocycles. The van der Waals surface area contributed by atoms with Crippen LogP contribution in [0.4, 0.5) is 13.2 Å². The van der Waals surface area contributed by atoms with Crippen molar-refractivity contribution in [2.45, 2.75) is 18.0 Å². The van der Waals surface area contributed by atoms with Crippen LogP contribution in [0.25, 0.3) is 0 Å². The third-order valence-corrected chi connectivity index (χ3v) is 3.88. The first-order valence-corrected chi connectivity index (χ1v) is 7.16. The van der Waals surface area contributed by atoms with Gasteiger partial charge in [0.2, 0.25) is 0 Å². The Labute approximate surface area is 128 Å². The van der Waals surface area contributed by atoms with Crippen LogP contribution in [0.5, 0.6) is 0 Å². The molecular formula is C13H9ClF3N3S. The minimum Gasteiger partial charge on any atom is -0.325 e. The molecule has 1 N–H and O–H groups in total. The van der Waals surface area contributed by atoms with Crippen LogP contribution >= 0.6 is 23.4 Å². The van der Waals surface area contributed by atoms with E-state index >= 15 is 0 Å². The zero-order valence-corrected chi connectivity index (χ0v) is 12.1. The number of benzene rings is 1. The fourth-order valence-corrected chi connectivity index (χ4v) is 2.78. The highest BCUT2D eigenvalue weighted by molar-refractivity contribution is 8.13. The number of hydrogen-bond acceptors (Lipinski definition) is 4. The Morgan fingerprint density at radius 2 is 2.00 bits per heavy atom. The maximum Gasteiger partial charge on any atom is 0.415 e. The second kappa shape index (κ2) is 6.41. The van der Waals surface area contributed by atoms with Crippen molar-refractivity contribution in [3.63, 3.8) is 0 Å². The molecule has 0 saturated carbocycles. The quantitative estimate of drug-likeness (QED) is 0.839. The SMILES string of the molecule is N#CC1=C(Cl)NC(SCc2ccccc2)=NC1C(F)(F)F. The Hall–Kier alpha value is -1.65. The summed E-state index contributed by atoms with van der Waals surface area (Å²) in [5.74, 6) is 0.448. The van der Waals surface area contributed by atoms with E-state index in [9.17, 15) is 13.2 Å². The van der Waals surface area contributed by atoms with E-state index in [1.165, 1.54) is 6.07 Å². The molecule has 3 nitrogen and oxygen atoms in total. The minimum absolute atomic E-state index is 0.0465. The zero-order valence-electron chi connectivity index (χ0n) is 10.5. The topological polar surface area (TPSA) is 48.2 Å². The molecule has 1 aliphatic rings. The smallest absolute Gasteiger partial charge is 0.325 e. The number of nitrogens with zero attached hydrogens (tertiary/aromatic N) is 2. The van der Waals surface area contributed by atoms with Crippen molar-refractivity contribution in [1.29, 1.82) is 5.26 Å². The summed E-state index contributed by atoms with van der Waals surface area (Å²) in [6.07, 6.45) is -4.65. The number of nitrogens with one attached hydrogen (secondary N) is 1. The lowest BCUT2D eigenvalue weighted by atomic mass is 10.1. The molecule has 0 aromatic heterocycles. The predicted octanol–water partition coefficient (Wildman–Crippen LogP) is 3.78. The normalized spacial score (nSPS) is 18.8. The highest BCUT2D eigenvalue weighted by atomic mass is 35.5. The van der Waals surface area contributed by atoms with Crippen LogP contribution in [-0.2, 0) is 5.75 Å². The summed E-state index contributed by atoms with van der Waals surface area (Å²) >= 11 is 6.81. The summed E-state index contributed by atoms with van der Waals surface area (Å²) in [4.78, 5) is 3.55. The third kappa shape index (κ3) is 3.93. The van der Waals surface area contributed by atoms with Crippen LogP contribution in [-0.4, -0.2) is 17.4 Å². The first kappa shape index (κ1) is 15.7. The number of aliphatic imine (C=N–C) groups is 1. The highest BCUT2D eigenvalue weighted by Gasteiger charge is 2.45. The van der Waals surface area contributed by atoms with E-state index in [-0.39, 0.29) is 10.3 Å². The Bertz CT molecular complexity index is 620. The fraction of sp³-hybridized carbons (Fsp3) is 0.231. The minimum atomic E-state index is -4.65. The number of hydrogen-bond donors (Lipinski definition) is 1. The van der Waals surface area contributed by atoms with Crippen LogP contribution < -0.4 is 5.32 Å². The molecule has 0 fully saturated rings. The van der Waals surface area contributed by atoms with E-state index in [2.05, 4.69) is 10.3 Å². The van der Waals surface area contributed by atoms with Gasteiger partial charge in [-0.25, -0.2) is 4.99 Å². The van der Waals surface area contributed by atoms with Gasteiger partial charge in [0, 0.05) is 5.75 Å². The van der Waals surface area contributed by atoms with Gasteiger partial charge in [0.05, 0.1) is 5.57 Å². The van der Waals surface area contributed by atoms with Crippen LogP contribution in [0.1, 0.15) is 5.56 Å². The van der Waals surface area contributed by atoms with Crippen LogP contribution in [0, 0.1) is 11.3 Å². The van der Waals surface area contributed by atoms with E-state index in [1.54, 1.807) is 0 Å². The lowest BCUT2D eigenvalue weighted by Crippen LogP contribution is -2.37. The molecule has 2 rings (SSSR count). The van der Waals surface area contributed by atoms with Gasteiger partial charge in [-0.05, 0) is 5.56 Å². The highest BCUT2D eigenvalue weighted by Crippen LogP contribution is 2.33. The molecule has 1 aromatic rings. The molecule has 0 spiro atoms. The molecular weight excluding hydrogens is 323 g/mol. The van der Waals surface area contributed by atoms with Crippen molar-refractivity contribution < 1.29 is 13.2 Å².